The van der Waals surface area contributed by atoms with E-state index in [1.54, 1.807) is 13.1 Å². The van der Waals surface area contributed by atoms with E-state index in [2.05, 4.69) is 27.1 Å². The molecule has 4 rings (SSSR count). The maximum atomic E-state index is 12.9. The highest BCUT2D eigenvalue weighted by molar-refractivity contribution is 7.13. The van der Waals surface area contributed by atoms with Gasteiger partial charge in [-0.15, -0.1) is 11.3 Å². The Hall–Kier alpha value is -2.81. The highest BCUT2D eigenvalue weighted by atomic mass is 32.1. The minimum atomic E-state index is -0.541. The molecule has 31 heavy (non-hydrogen) atoms. The molecule has 1 atom stereocenters. The first-order valence-corrected chi connectivity index (χ1v) is 11.4. The molecule has 3 heterocycles. The van der Waals surface area contributed by atoms with Crippen molar-refractivity contribution in [2.45, 2.75) is 20.0 Å². The maximum Gasteiger partial charge on any atom is 0.254 e. The standard InChI is InChI=1S/C23H27N5O2S/c1-3-27-9-11-28(12-10-27)22(30)18-14-21(31-15-18)20-7-8-24-23(26-20)25-19-6-4-5-17(13-19)16(2)29/h4-8,13-16,29H,3,9-12H2,1-2H3,(H,24,25,26). The van der Waals surface area contributed by atoms with E-state index >= 15 is 0 Å². The summed E-state index contributed by atoms with van der Waals surface area (Å²) in [6.45, 7) is 8.30. The van der Waals surface area contributed by atoms with E-state index in [-0.39, 0.29) is 5.91 Å². The molecular weight excluding hydrogens is 410 g/mol. The van der Waals surface area contributed by atoms with Gasteiger partial charge in [-0.3, -0.25) is 4.79 Å². The zero-order valence-corrected chi connectivity index (χ0v) is 18.6. The lowest BCUT2D eigenvalue weighted by Crippen LogP contribution is -2.48. The van der Waals surface area contributed by atoms with Crippen LogP contribution >= 0.6 is 11.3 Å². The molecule has 1 amide bonds. The van der Waals surface area contributed by atoms with Gasteiger partial charge in [-0.25, -0.2) is 9.97 Å². The van der Waals surface area contributed by atoms with E-state index in [1.807, 2.05) is 46.7 Å². The van der Waals surface area contributed by atoms with Crippen molar-refractivity contribution in [1.29, 1.82) is 0 Å². The number of aliphatic hydroxyl groups excluding tert-OH is 1. The summed E-state index contributed by atoms with van der Waals surface area (Å²) >= 11 is 1.51. The number of carbonyl (C=O) groups is 1. The molecule has 0 bridgehead atoms. The fraction of sp³-hybridized carbons (Fsp3) is 0.348. The van der Waals surface area contributed by atoms with Crippen molar-refractivity contribution in [2.24, 2.45) is 0 Å². The van der Waals surface area contributed by atoms with Gasteiger partial charge in [0.2, 0.25) is 5.95 Å². The normalized spacial score (nSPS) is 15.6. The van der Waals surface area contributed by atoms with Crippen LogP contribution in [-0.2, 0) is 0 Å². The summed E-state index contributed by atoms with van der Waals surface area (Å²) in [7, 11) is 0. The summed E-state index contributed by atoms with van der Waals surface area (Å²) in [5.74, 6) is 0.554. The monoisotopic (exact) mass is 437 g/mol. The van der Waals surface area contributed by atoms with Crippen LogP contribution in [0.1, 0.15) is 35.9 Å². The minimum Gasteiger partial charge on any atom is -0.389 e. The first-order chi connectivity index (χ1) is 15.0. The van der Waals surface area contributed by atoms with Crippen LogP contribution in [0.3, 0.4) is 0 Å². The molecule has 0 radical (unpaired) electrons. The van der Waals surface area contributed by atoms with Crippen molar-refractivity contribution in [1.82, 2.24) is 19.8 Å². The van der Waals surface area contributed by atoms with Crippen molar-refractivity contribution in [3.63, 3.8) is 0 Å². The molecule has 3 aromatic rings. The molecule has 0 saturated carbocycles. The number of amides is 1. The molecule has 0 spiro atoms. The Balaban J connectivity index is 1.47. The number of piperazine rings is 1. The number of carbonyl (C=O) groups excluding carboxylic acids is 1. The van der Waals surface area contributed by atoms with Gasteiger partial charge in [0.1, 0.15) is 0 Å². The van der Waals surface area contributed by atoms with Crippen molar-refractivity contribution in [2.75, 3.05) is 38.0 Å². The average Bonchev–Trinajstić information content (AvgIpc) is 3.29. The Labute approximate surface area is 186 Å². The van der Waals surface area contributed by atoms with Crippen LogP contribution in [0, 0.1) is 0 Å². The molecule has 0 aliphatic carbocycles. The molecular formula is C23H27N5O2S. The Morgan fingerprint density at radius 3 is 2.77 bits per heavy atom. The predicted molar refractivity (Wildman–Crippen MR) is 124 cm³/mol. The second-order valence-electron chi connectivity index (χ2n) is 7.62. The fourth-order valence-corrected chi connectivity index (χ4v) is 4.45. The molecule has 2 aromatic heterocycles. The number of benzene rings is 1. The number of likely N-dealkylation sites (N-methyl/N-ethyl adjacent to an activating group) is 1. The smallest absolute Gasteiger partial charge is 0.254 e. The molecule has 1 aliphatic heterocycles. The Kier molecular flexibility index (Phi) is 6.60. The highest BCUT2D eigenvalue weighted by Crippen LogP contribution is 2.28. The lowest BCUT2D eigenvalue weighted by molar-refractivity contribution is 0.0644. The Bertz CT molecular complexity index is 1040. The van der Waals surface area contributed by atoms with E-state index in [9.17, 15) is 9.90 Å². The number of aromatic nitrogens is 2. The Morgan fingerprint density at radius 2 is 2.03 bits per heavy atom. The van der Waals surface area contributed by atoms with Gasteiger partial charge in [0.05, 0.1) is 22.2 Å². The van der Waals surface area contributed by atoms with Gasteiger partial charge < -0.3 is 20.2 Å². The number of nitrogens with zero attached hydrogens (tertiary/aromatic N) is 4. The SMILES string of the molecule is CCN1CCN(C(=O)c2csc(-c3ccnc(Nc4cccc(C(C)O)c4)n3)c2)CC1. The lowest BCUT2D eigenvalue weighted by Gasteiger charge is -2.33. The van der Waals surface area contributed by atoms with Crippen molar-refractivity contribution in [3.05, 3.63) is 59.1 Å². The van der Waals surface area contributed by atoms with Crippen LogP contribution in [0.15, 0.2) is 48.0 Å². The van der Waals surface area contributed by atoms with Crippen molar-refractivity contribution >= 4 is 28.9 Å². The molecule has 1 aromatic carbocycles. The number of hydrogen-bond acceptors (Lipinski definition) is 7. The largest absolute Gasteiger partial charge is 0.389 e. The van der Waals surface area contributed by atoms with Crippen LogP contribution in [-0.4, -0.2) is 63.5 Å². The van der Waals surface area contributed by atoms with E-state index in [4.69, 9.17) is 0 Å². The summed E-state index contributed by atoms with van der Waals surface area (Å²) in [6, 6.07) is 11.3. The zero-order valence-electron chi connectivity index (χ0n) is 17.8. The van der Waals surface area contributed by atoms with Crippen molar-refractivity contribution in [3.8, 4) is 10.6 Å². The predicted octanol–water partition coefficient (Wildman–Crippen LogP) is 3.78. The van der Waals surface area contributed by atoms with Crippen LogP contribution in [0.2, 0.25) is 0 Å². The van der Waals surface area contributed by atoms with Gasteiger partial charge in [0.15, 0.2) is 0 Å². The van der Waals surface area contributed by atoms with Gasteiger partial charge in [-0.05, 0) is 43.3 Å². The van der Waals surface area contributed by atoms with Gasteiger partial charge in [-0.2, -0.15) is 0 Å². The quantitative estimate of drug-likeness (QED) is 0.611. The molecule has 2 N–H and O–H groups in total. The first kappa shape index (κ1) is 21.4. The average molecular weight is 438 g/mol. The van der Waals surface area contributed by atoms with Gasteiger partial charge in [-0.1, -0.05) is 19.1 Å². The van der Waals surface area contributed by atoms with E-state index in [1.165, 1.54) is 11.3 Å². The maximum absolute atomic E-state index is 12.9. The van der Waals surface area contributed by atoms with Crippen LogP contribution in [0.5, 0.6) is 0 Å². The van der Waals surface area contributed by atoms with Gasteiger partial charge >= 0.3 is 0 Å². The summed E-state index contributed by atoms with van der Waals surface area (Å²) < 4.78 is 0. The number of rotatable bonds is 6. The first-order valence-electron chi connectivity index (χ1n) is 10.5. The molecule has 1 unspecified atom stereocenters. The minimum absolute atomic E-state index is 0.0839. The van der Waals surface area contributed by atoms with E-state index in [0.29, 0.717) is 11.5 Å². The van der Waals surface area contributed by atoms with Crippen molar-refractivity contribution < 1.29 is 9.90 Å². The van der Waals surface area contributed by atoms with E-state index in [0.717, 1.165) is 54.5 Å². The molecule has 7 nitrogen and oxygen atoms in total. The summed E-state index contributed by atoms with van der Waals surface area (Å²) in [5.41, 5.74) is 3.11. The second-order valence-corrected chi connectivity index (χ2v) is 8.53. The van der Waals surface area contributed by atoms with Gasteiger partial charge in [0, 0.05) is 43.4 Å². The summed E-state index contributed by atoms with van der Waals surface area (Å²) in [4.78, 5) is 27.0. The van der Waals surface area contributed by atoms with Crippen LogP contribution < -0.4 is 5.32 Å². The summed E-state index contributed by atoms with van der Waals surface area (Å²) in [6.07, 6.45) is 1.16. The third kappa shape index (κ3) is 5.10. The van der Waals surface area contributed by atoms with E-state index < -0.39 is 6.10 Å². The third-order valence-corrected chi connectivity index (χ3v) is 6.44. The molecule has 1 saturated heterocycles. The molecule has 1 fully saturated rings. The van der Waals surface area contributed by atoms with Gasteiger partial charge in [0.25, 0.3) is 5.91 Å². The topological polar surface area (TPSA) is 81.6 Å². The van der Waals surface area contributed by atoms with Crippen LogP contribution in [0.4, 0.5) is 11.6 Å². The summed E-state index contributed by atoms with van der Waals surface area (Å²) in [5, 5.41) is 14.9. The molecule has 162 valence electrons. The number of nitrogens with one attached hydrogen (secondary N) is 1. The number of anilines is 2. The van der Waals surface area contributed by atoms with Crippen LogP contribution in [0.25, 0.3) is 10.6 Å². The molecule has 1 aliphatic rings. The number of thiophene rings is 1. The zero-order chi connectivity index (χ0) is 21.8. The second kappa shape index (κ2) is 9.55. The fourth-order valence-electron chi connectivity index (χ4n) is 3.59. The molecule has 8 heteroatoms. The highest BCUT2D eigenvalue weighted by Gasteiger charge is 2.22. The Morgan fingerprint density at radius 1 is 1.23 bits per heavy atom. The third-order valence-electron chi connectivity index (χ3n) is 5.49. The lowest BCUT2D eigenvalue weighted by atomic mass is 10.1. The number of hydrogen-bond donors (Lipinski definition) is 2. The number of aliphatic hydroxyl groups is 1.